The van der Waals surface area contributed by atoms with Crippen LogP contribution in [0, 0.1) is 0 Å². The van der Waals surface area contributed by atoms with Gasteiger partial charge in [-0.3, -0.25) is 0 Å². The summed E-state index contributed by atoms with van der Waals surface area (Å²) < 4.78 is 1.24. The Kier molecular flexibility index (Phi) is 3.25. The third-order valence-corrected chi connectivity index (χ3v) is 6.75. The lowest BCUT2D eigenvalue weighted by atomic mass is 10.3. The molecule has 0 radical (unpaired) electrons. The molecule has 0 saturated carbocycles. The lowest BCUT2D eigenvalue weighted by Gasteiger charge is -1.96. The molecule has 3 rings (SSSR count). The van der Waals surface area contributed by atoms with Crippen molar-refractivity contribution in [3.05, 3.63) is 39.0 Å². The summed E-state index contributed by atoms with van der Waals surface area (Å²) >= 11 is 9.33. The van der Waals surface area contributed by atoms with E-state index in [1.807, 2.05) is 23.1 Å². The topological polar surface area (TPSA) is 0 Å². The van der Waals surface area contributed by atoms with Crippen molar-refractivity contribution in [1.29, 1.82) is 0 Å². The van der Waals surface area contributed by atoms with Crippen LogP contribution in [0.3, 0.4) is 0 Å². The van der Waals surface area contributed by atoms with E-state index < -0.39 is 0 Å². The van der Waals surface area contributed by atoms with Crippen LogP contribution in [0.5, 0.6) is 0 Å². The molecule has 0 fully saturated rings. The van der Waals surface area contributed by atoms with Gasteiger partial charge < -0.3 is 0 Å². The number of thioether (sulfide) groups is 1. The Labute approximate surface area is 116 Å². The highest BCUT2D eigenvalue weighted by Gasteiger charge is 2.15. The first-order valence-corrected chi connectivity index (χ1v) is 8.48. The minimum atomic E-state index is 1.21. The number of hydrogen-bond acceptors (Lipinski definition) is 3. The molecule has 0 atom stereocenters. The van der Waals surface area contributed by atoms with Gasteiger partial charge >= 0.3 is 0 Å². The van der Waals surface area contributed by atoms with E-state index >= 15 is 0 Å². The van der Waals surface area contributed by atoms with Gasteiger partial charge in [-0.05, 0) is 39.9 Å². The largest absolute Gasteiger partial charge is 0.143 e. The molecule has 16 heavy (non-hydrogen) atoms. The van der Waals surface area contributed by atoms with E-state index in [2.05, 4.69) is 45.6 Å². The molecule has 0 unspecified atom stereocenters. The predicted octanol–water partition coefficient (Wildman–Crippen LogP) is 5.72. The predicted molar refractivity (Wildman–Crippen MR) is 80.4 cm³/mol. The van der Waals surface area contributed by atoms with Gasteiger partial charge in [0.2, 0.25) is 0 Å². The van der Waals surface area contributed by atoms with Crippen molar-refractivity contribution >= 4 is 55.3 Å². The molecule has 2 aromatic rings. The standard InChI is InChI=1S/C12H9BrS3/c13-8-7-11(9-3-1-5-14-9)16-12(8)10-4-2-6-15-10/h1,3-5,7H,2,6H2. The summed E-state index contributed by atoms with van der Waals surface area (Å²) in [6, 6.07) is 6.53. The van der Waals surface area contributed by atoms with Crippen LogP contribution >= 0.6 is 50.4 Å². The molecule has 1 aliphatic heterocycles. The second kappa shape index (κ2) is 4.69. The molecule has 0 saturated heterocycles. The van der Waals surface area contributed by atoms with Crippen LogP contribution in [0.1, 0.15) is 11.3 Å². The summed E-state index contributed by atoms with van der Waals surface area (Å²) in [6.07, 6.45) is 3.55. The first-order chi connectivity index (χ1) is 7.84. The quantitative estimate of drug-likeness (QED) is 0.679. The summed E-state index contributed by atoms with van der Waals surface area (Å²) in [5.74, 6) is 1.23. The monoisotopic (exact) mass is 328 g/mol. The molecule has 1 aliphatic rings. The Hall–Kier alpha value is -0.0300. The number of allylic oxidation sites excluding steroid dienone is 1. The van der Waals surface area contributed by atoms with Crippen molar-refractivity contribution in [3.63, 3.8) is 0 Å². The minimum Gasteiger partial charge on any atom is -0.143 e. The average Bonchev–Trinajstić information content (AvgIpc) is 2.97. The van der Waals surface area contributed by atoms with Crippen LogP contribution in [0.25, 0.3) is 14.7 Å². The fraction of sp³-hybridized carbons (Fsp3) is 0.167. The SMILES string of the molecule is Brc1cc(-c2cccs2)sc1C1=CCCS1. The van der Waals surface area contributed by atoms with Crippen LogP contribution in [0.2, 0.25) is 0 Å². The molecule has 82 valence electrons. The molecule has 0 amide bonds. The molecule has 0 aliphatic carbocycles. The van der Waals surface area contributed by atoms with Gasteiger partial charge in [-0.15, -0.1) is 34.4 Å². The van der Waals surface area contributed by atoms with Crippen molar-refractivity contribution in [1.82, 2.24) is 0 Å². The molecule has 2 aromatic heterocycles. The number of halogens is 1. The number of rotatable bonds is 2. The Balaban J connectivity index is 2.02. The molecule has 0 N–H and O–H groups in total. The first-order valence-electron chi connectivity index (χ1n) is 5.01. The number of thiophene rings is 2. The maximum absolute atomic E-state index is 3.67. The van der Waals surface area contributed by atoms with Gasteiger partial charge in [0.05, 0.1) is 4.88 Å². The van der Waals surface area contributed by atoms with E-state index in [1.54, 1.807) is 11.3 Å². The Morgan fingerprint density at radius 3 is 2.88 bits per heavy atom. The Bertz CT molecular complexity index is 522. The molecule has 0 bridgehead atoms. The number of hydrogen-bond donors (Lipinski definition) is 0. The summed E-state index contributed by atoms with van der Waals surface area (Å²) in [5, 5.41) is 2.13. The van der Waals surface area contributed by atoms with Gasteiger partial charge in [-0.25, -0.2) is 0 Å². The molecular formula is C12H9BrS3. The summed E-state index contributed by atoms with van der Waals surface area (Å²) in [6.45, 7) is 0. The van der Waals surface area contributed by atoms with Crippen molar-refractivity contribution < 1.29 is 0 Å². The average molecular weight is 329 g/mol. The molecular weight excluding hydrogens is 320 g/mol. The van der Waals surface area contributed by atoms with Gasteiger partial charge in [0.1, 0.15) is 0 Å². The second-order valence-corrected chi connectivity index (χ2v) is 7.46. The minimum absolute atomic E-state index is 1.21. The lowest BCUT2D eigenvalue weighted by Crippen LogP contribution is -1.68. The first kappa shape index (κ1) is 11.1. The zero-order valence-corrected chi connectivity index (χ0v) is 12.4. The van der Waals surface area contributed by atoms with Gasteiger partial charge in [-0.1, -0.05) is 12.1 Å². The van der Waals surface area contributed by atoms with Gasteiger partial charge in [0, 0.05) is 24.9 Å². The van der Waals surface area contributed by atoms with E-state index in [1.165, 1.54) is 36.2 Å². The highest BCUT2D eigenvalue weighted by molar-refractivity contribution is 9.10. The summed E-state index contributed by atoms with van der Waals surface area (Å²) in [4.78, 5) is 5.57. The highest BCUT2D eigenvalue weighted by Crippen LogP contribution is 2.45. The lowest BCUT2D eigenvalue weighted by molar-refractivity contribution is 1.28. The third kappa shape index (κ3) is 2.04. The van der Waals surface area contributed by atoms with Crippen molar-refractivity contribution in [3.8, 4) is 9.75 Å². The van der Waals surface area contributed by atoms with Gasteiger partial charge in [0.25, 0.3) is 0 Å². The van der Waals surface area contributed by atoms with E-state index in [9.17, 15) is 0 Å². The fourth-order valence-electron chi connectivity index (χ4n) is 1.65. The Morgan fingerprint density at radius 1 is 1.25 bits per heavy atom. The van der Waals surface area contributed by atoms with Crippen LogP contribution in [0.4, 0.5) is 0 Å². The molecule has 4 heteroatoms. The maximum Gasteiger partial charge on any atom is 0.0552 e. The third-order valence-electron chi connectivity index (χ3n) is 2.38. The molecule has 0 nitrogen and oxygen atoms in total. The van der Waals surface area contributed by atoms with E-state index in [0.29, 0.717) is 0 Å². The van der Waals surface area contributed by atoms with Crippen LogP contribution in [0.15, 0.2) is 34.1 Å². The van der Waals surface area contributed by atoms with Crippen LogP contribution in [-0.2, 0) is 0 Å². The normalized spacial score (nSPS) is 15.4. The molecule has 3 heterocycles. The second-order valence-electron chi connectivity index (χ2n) is 3.47. The van der Waals surface area contributed by atoms with Crippen molar-refractivity contribution in [2.24, 2.45) is 0 Å². The highest BCUT2D eigenvalue weighted by atomic mass is 79.9. The summed E-state index contributed by atoms with van der Waals surface area (Å²) in [7, 11) is 0. The van der Waals surface area contributed by atoms with Crippen molar-refractivity contribution in [2.75, 3.05) is 5.75 Å². The van der Waals surface area contributed by atoms with Gasteiger partial charge in [0.15, 0.2) is 0 Å². The fourth-order valence-corrected chi connectivity index (χ4v) is 5.67. The van der Waals surface area contributed by atoms with Crippen molar-refractivity contribution in [2.45, 2.75) is 6.42 Å². The van der Waals surface area contributed by atoms with E-state index in [0.717, 1.165) is 0 Å². The zero-order chi connectivity index (χ0) is 11.0. The molecule has 0 aromatic carbocycles. The maximum atomic E-state index is 3.67. The Morgan fingerprint density at radius 2 is 2.19 bits per heavy atom. The zero-order valence-electron chi connectivity index (χ0n) is 8.40. The van der Waals surface area contributed by atoms with E-state index in [4.69, 9.17) is 0 Å². The van der Waals surface area contributed by atoms with Gasteiger partial charge in [-0.2, -0.15) is 0 Å². The smallest absolute Gasteiger partial charge is 0.0552 e. The molecule has 0 spiro atoms. The van der Waals surface area contributed by atoms with E-state index in [-0.39, 0.29) is 0 Å². The van der Waals surface area contributed by atoms with Crippen LogP contribution in [-0.4, -0.2) is 5.75 Å². The van der Waals surface area contributed by atoms with Crippen LogP contribution < -0.4 is 0 Å². The summed E-state index contributed by atoms with van der Waals surface area (Å²) in [5.41, 5.74) is 0.